The Kier molecular flexibility index (Phi) is 5.70. The van der Waals surface area contributed by atoms with Crippen LogP contribution in [-0.4, -0.2) is 41.0 Å². The van der Waals surface area contributed by atoms with Gasteiger partial charge in [-0.3, -0.25) is 0 Å². The van der Waals surface area contributed by atoms with E-state index in [9.17, 15) is 0 Å². The van der Waals surface area contributed by atoms with Gasteiger partial charge in [-0.25, -0.2) is 5.32 Å². The van der Waals surface area contributed by atoms with Gasteiger partial charge in [-0.2, -0.15) is 0 Å². The lowest BCUT2D eigenvalue weighted by Crippen LogP contribution is -2.38. The summed E-state index contributed by atoms with van der Waals surface area (Å²) in [5, 5.41) is 7.95. The number of anilines is 1. The maximum atomic E-state index is 6.20. The highest BCUT2D eigenvalue weighted by Crippen LogP contribution is 2.42. The fourth-order valence-electron chi connectivity index (χ4n) is 2.94. The predicted octanol–water partition coefficient (Wildman–Crippen LogP) is 2.34. The quantitative estimate of drug-likeness (QED) is 0.771. The molecule has 7 nitrogen and oxygen atoms in total. The lowest BCUT2D eigenvalue weighted by molar-refractivity contribution is 0.321. The Morgan fingerprint density at radius 2 is 1.73 bits per heavy atom. The molecule has 1 atom stereocenters. The van der Waals surface area contributed by atoms with Crippen molar-refractivity contribution >= 4 is 5.69 Å². The third-order valence-corrected chi connectivity index (χ3v) is 4.26. The third kappa shape index (κ3) is 3.79. The van der Waals surface area contributed by atoms with Gasteiger partial charge in [0.25, 0.3) is 0 Å². The molecule has 26 heavy (non-hydrogen) atoms. The van der Waals surface area contributed by atoms with Gasteiger partial charge < -0.3 is 30.0 Å². The second kappa shape index (κ2) is 8.16. The molecule has 0 saturated carbocycles. The summed E-state index contributed by atoms with van der Waals surface area (Å²) in [5.74, 6) is 2.65. The van der Waals surface area contributed by atoms with Crippen LogP contribution in [0.1, 0.15) is 11.6 Å². The molecule has 1 heterocycles. The average molecular weight is 358 g/mol. The largest absolute Gasteiger partial charge is 0.493 e. The van der Waals surface area contributed by atoms with Crippen LogP contribution in [0.15, 0.2) is 30.3 Å². The molecule has 1 saturated heterocycles. The zero-order chi connectivity index (χ0) is 18.5. The number of methoxy groups -OCH3 is 3. The van der Waals surface area contributed by atoms with Crippen molar-refractivity contribution in [1.29, 1.82) is 0 Å². The van der Waals surface area contributed by atoms with Gasteiger partial charge in [0.15, 0.2) is 11.5 Å². The standard InChI is InChI=1S/C19H24N3O4/c1-23-17-9-13(10-18(24-2)19(17)25-3)26-16-5-4-12(8-14(16)20)15-11-21-6-7-22-15/h4-5,8-10,15,21H,6-7,11,20H2,1-3H3. The van der Waals surface area contributed by atoms with Crippen LogP contribution in [0, 0.1) is 0 Å². The van der Waals surface area contributed by atoms with Gasteiger partial charge >= 0.3 is 0 Å². The number of nitrogens with one attached hydrogen (secondary N) is 1. The van der Waals surface area contributed by atoms with E-state index < -0.39 is 0 Å². The van der Waals surface area contributed by atoms with Gasteiger partial charge in [-0.15, -0.1) is 0 Å². The number of nitrogens with two attached hydrogens (primary N) is 1. The first kappa shape index (κ1) is 18.2. The van der Waals surface area contributed by atoms with E-state index in [0.29, 0.717) is 34.4 Å². The molecule has 0 bridgehead atoms. The molecular weight excluding hydrogens is 334 g/mol. The molecule has 2 aromatic rings. The van der Waals surface area contributed by atoms with Crippen molar-refractivity contribution < 1.29 is 18.9 Å². The molecule has 0 aliphatic carbocycles. The summed E-state index contributed by atoms with van der Waals surface area (Å²) < 4.78 is 22.0. The Bertz CT molecular complexity index is 735. The highest BCUT2D eigenvalue weighted by Gasteiger charge is 2.18. The molecule has 1 fully saturated rings. The monoisotopic (exact) mass is 358 g/mol. The minimum absolute atomic E-state index is 0.126. The van der Waals surface area contributed by atoms with Crippen LogP contribution < -0.4 is 35.3 Å². The number of nitrogens with zero attached hydrogens (tertiary/aromatic N) is 1. The van der Waals surface area contributed by atoms with Gasteiger partial charge in [0.05, 0.1) is 33.1 Å². The molecule has 3 rings (SSSR count). The summed E-state index contributed by atoms with van der Waals surface area (Å²) >= 11 is 0. The van der Waals surface area contributed by atoms with Crippen molar-refractivity contribution in [2.75, 3.05) is 46.7 Å². The predicted molar refractivity (Wildman–Crippen MR) is 99.6 cm³/mol. The van der Waals surface area contributed by atoms with Crippen LogP contribution in [0.2, 0.25) is 0 Å². The van der Waals surface area contributed by atoms with Crippen molar-refractivity contribution in [3.05, 3.63) is 35.9 Å². The number of hydrogen-bond acceptors (Lipinski definition) is 6. The number of benzene rings is 2. The fourth-order valence-corrected chi connectivity index (χ4v) is 2.94. The van der Waals surface area contributed by atoms with Crippen LogP contribution in [0.5, 0.6) is 28.7 Å². The maximum absolute atomic E-state index is 6.20. The molecule has 7 heteroatoms. The Morgan fingerprint density at radius 3 is 2.27 bits per heavy atom. The first-order valence-electron chi connectivity index (χ1n) is 8.41. The molecule has 3 N–H and O–H groups in total. The topological polar surface area (TPSA) is 89.1 Å². The van der Waals surface area contributed by atoms with Gasteiger partial charge in [0, 0.05) is 31.8 Å². The van der Waals surface area contributed by atoms with Crippen molar-refractivity contribution in [2.45, 2.75) is 6.04 Å². The number of piperazine rings is 1. The van der Waals surface area contributed by atoms with Crippen LogP contribution in [0.3, 0.4) is 0 Å². The molecule has 0 spiro atoms. The van der Waals surface area contributed by atoms with Gasteiger partial charge in [0.1, 0.15) is 11.5 Å². The first-order valence-corrected chi connectivity index (χ1v) is 8.41. The number of ether oxygens (including phenoxy) is 4. The minimum atomic E-state index is 0.126. The Labute approximate surface area is 153 Å². The number of nitrogen functional groups attached to an aromatic ring is 1. The SMILES string of the molecule is COc1cc(Oc2ccc(C3CNCC[N]3)cc2N)cc(OC)c1OC. The second-order valence-corrected chi connectivity index (χ2v) is 5.89. The van der Waals surface area contributed by atoms with Crippen molar-refractivity contribution in [3.63, 3.8) is 0 Å². The van der Waals surface area contributed by atoms with Crippen molar-refractivity contribution in [2.24, 2.45) is 0 Å². The molecule has 1 aliphatic heterocycles. The summed E-state index contributed by atoms with van der Waals surface area (Å²) in [6, 6.07) is 9.35. The minimum Gasteiger partial charge on any atom is -0.493 e. The van der Waals surface area contributed by atoms with Gasteiger partial charge in [-0.05, 0) is 17.7 Å². The van der Waals surface area contributed by atoms with E-state index in [-0.39, 0.29) is 6.04 Å². The zero-order valence-electron chi connectivity index (χ0n) is 15.2. The maximum Gasteiger partial charge on any atom is 0.203 e. The van der Waals surface area contributed by atoms with Crippen molar-refractivity contribution in [1.82, 2.24) is 10.6 Å². The normalized spacial score (nSPS) is 16.8. The molecule has 1 aliphatic rings. The highest BCUT2D eigenvalue weighted by atomic mass is 16.5. The number of rotatable bonds is 6. The van der Waals surface area contributed by atoms with E-state index in [1.54, 1.807) is 33.5 Å². The lowest BCUT2D eigenvalue weighted by Gasteiger charge is -2.23. The van der Waals surface area contributed by atoms with Crippen LogP contribution in [-0.2, 0) is 0 Å². The average Bonchev–Trinajstić information content (AvgIpc) is 2.69. The first-order chi connectivity index (χ1) is 12.7. The van der Waals surface area contributed by atoms with Crippen LogP contribution >= 0.6 is 0 Å². The molecule has 2 aromatic carbocycles. The van der Waals surface area contributed by atoms with E-state index in [1.165, 1.54) is 0 Å². The summed E-state index contributed by atoms with van der Waals surface area (Å²) in [6.45, 7) is 2.56. The molecular formula is C19H24N3O4. The smallest absolute Gasteiger partial charge is 0.203 e. The van der Waals surface area contributed by atoms with Gasteiger partial charge in [0.2, 0.25) is 5.75 Å². The summed E-state index contributed by atoms with van der Waals surface area (Å²) in [7, 11) is 4.68. The molecule has 0 amide bonds. The lowest BCUT2D eigenvalue weighted by atomic mass is 10.0. The Hall–Kier alpha value is -2.64. The Balaban J connectivity index is 1.84. The third-order valence-electron chi connectivity index (χ3n) is 4.26. The molecule has 1 unspecified atom stereocenters. The van der Waals surface area contributed by atoms with Crippen LogP contribution in [0.25, 0.3) is 0 Å². The van der Waals surface area contributed by atoms with E-state index in [0.717, 1.165) is 25.2 Å². The summed E-state index contributed by atoms with van der Waals surface area (Å²) in [6.07, 6.45) is 0. The molecule has 139 valence electrons. The van der Waals surface area contributed by atoms with E-state index in [2.05, 4.69) is 10.6 Å². The fraction of sp³-hybridized carbons (Fsp3) is 0.368. The number of hydrogen-bond donors (Lipinski definition) is 2. The second-order valence-electron chi connectivity index (χ2n) is 5.89. The highest BCUT2D eigenvalue weighted by molar-refractivity contribution is 5.60. The van der Waals surface area contributed by atoms with Crippen molar-refractivity contribution in [3.8, 4) is 28.7 Å². The van der Waals surface area contributed by atoms with Gasteiger partial charge in [-0.1, -0.05) is 6.07 Å². The van der Waals surface area contributed by atoms with E-state index in [1.807, 2.05) is 18.2 Å². The molecule has 0 aromatic heterocycles. The van der Waals surface area contributed by atoms with E-state index >= 15 is 0 Å². The Morgan fingerprint density at radius 1 is 1.00 bits per heavy atom. The molecule has 1 radical (unpaired) electrons. The van der Waals surface area contributed by atoms with E-state index in [4.69, 9.17) is 24.7 Å². The van der Waals surface area contributed by atoms with Crippen LogP contribution in [0.4, 0.5) is 5.69 Å². The summed E-state index contributed by atoms with van der Waals surface area (Å²) in [4.78, 5) is 0. The zero-order valence-corrected chi connectivity index (χ0v) is 15.2. The summed E-state index contributed by atoms with van der Waals surface area (Å²) in [5.41, 5.74) is 7.83.